The summed E-state index contributed by atoms with van der Waals surface area (Å²) < 4.78 is 12.7. The first kappa shape index (κ1) is 14.4. The molecule has 0 fully saturated rings. The van der Waals surface area contributed by atoms with E-state index in [0.717, 1.165) is 11.1 Å². The van der Waals surface area contributed by atoms with E-state index in [0.29, 0.717) is 0 Å². The highest BCUT2D eigenvalue weighted by Crippen LogP contribution is 2.29. The van der Waals surface area contributed by atoms with Gasteiger partial charge in [0.25, 0.3) is 5.91 Å². The lowest BCUT2D eigenvalue weighted by Gasteiger charge is -2.21. The van der Waals surface area contributed by atoms with E-state index in [1.807, 2.05) is 60.7 Å². The topological polar surface area (TPSA) is 57.6 Å². The van der Waals surface area contributed by atoms with Gasteiger partial charge in [0, 0.05) is 6.92 Å². The predicted molar refractivity (Wildman–Crippen MR) is 77.2 cm³/mol. The Morgan fingerprint density at radius 3 is 1.75 bits per heavy atom. The molecular formula is C15H15NO3S. The van der Waals surface area contributed by atoms with E-state index in [4.69, 9.17) is 0 Å². The van der Waals surface area contributed by atoms with E-state index in [2.05, 4.69) is 0 Å². The lowest BCUT2D eigenvalue weighted by molar-refractivity contribution is -0.142. The van der Waals surface area contributed by atoms with Gasteiger partial charge in [-0.3, -0.25) is 10.0 Å². The second-order valence-corrected chi connectivity index (χ2v) is 5.64. The summed E-state index contributed by atoms with van der Waals surface area (Å²) in [6.45, 7) is 1.17. The summed E-state index contributed by atoms with van der Waals surface area (Å²) in [5.41, 5.74) is 1.55. The number of rotatable bonds is 4. The molecule has 1 amide bonds. The Morgan fingerprint density at radius 1 is 1.00 bits per heavy atom. The van der Waals surface area contributed by atoms with Crippen LogP contribution in [-0.4, -0.2) is 19.8 Å². The van der Waals surface area contributed by atoms with Crippen LogP contribution in [0.2, 0.25) is 0 Å². The van der Waals surface area contributed by atoms with Crippen molar-refractivity contribution < 1.29 is 14.2 Å². The Hall–Kier alpha value is -1.98. The maximum absolute atomic E-state index is 12.5. The van der Waals surface area contributed by atoms with Crippen molar-refractivity contribution >= 4 is 16.9 Å². The Labute approximate surface area is 120 Å². The average molecular weight is 289 g/mol. The largest absolute Gasteiger partial charge is 0.273 e. The molecular weight excluding hydrogens is 274 g/mol. The van der Waals surface area contributed by atoms with Crippen LogP contribution in [0.25, 0.3) is 0 Å². The van der Waals surface area contributed by atoms with Gasteiger partial charge in [-0.2, -0.15) is 0 Å². The zero-order valence-corrected chi connectivity index (χ0v) is 11.8. The van der Waals surface area contributed by atoms with Gasteiger partial charge < -0.3 is 0 Å². The second kappa shape index (κ2) is 6.45. The summed E-state index contributed by atoms with van der Waals surface area (Å²) in [6.07, 6.45) is 0. The molecule has 4 nitrogen and oxygen atoms in total. The van der Waals surface area contributed by atoms with E-state index in [-0.39, 0.29) is 4.47 Å². The molecule has 0 aliphatic carbocycles. The highest BCUT2D eigenvalue weighted by Gasteiger charge is 2.27. The molecule has 0 saturated heterocycles. The molecule has 0 spiro atoms. The zero-order chi connectivity index (χ0) is 14.5. The monoisotopic (exact) mass is 289 g/mol. The van der Waals surface area contributed by atoms with Crippen molar-refractivity contribution in [3.63, 3.8) is 0 Å². The van der Waals surface area contributed by atoms with Gasteiger partial charge in [-0.15, -0.1) is 4.47 Å². The summed E-state index contributed by atoms with van der Waals surface area (Å²) in [5.74, 6) is -0.653. The molecule has 0 heterocycles. The lowest BCUT2D eigenvalue weighted by Crippen LogP contribution is -2.31. The molecule has 1 unspecified atom stereocenters. The van der Waals surface area contributed by atoms with Gasteiger partial charge in [-0.25, -0.2) is 4.21 Å². The molecule has 0 aliphatic rings. The van der Waals surface area contributed by atoms with E-state index in [1.54, 1.807) is 0 Å². The third-order valence-corrected chi connectivity index (χ3v) is 4.39. The van der Waals surface area contributed by atoms with E-state index in [9.17, 15) is 14.2 Å². The lowest BCUT2D eigenvalue weighted by atomic mass is 10.0. The molecule has 0 radical (unpaired) electrons. The second-order valence-electron chi connectivity index (χ2n) is 4.27. The fourth-order valence-electron chi connectivity index (χ4n) is 1.91. The normalized spacial score (nSPS) is 12.2. The van der Waals surface area contributed by atoms with E-state index >= 15 is 0 Å². The molecule has 0 bridgehead atoms. The standard InChI is InChI=1S/C15H15NO3S/c1-12(17)16(18)20(19)15(13-8-4-2-5-9-13)14-10-6-3-7-11-14/h2-11,15,18H,1H3. The minimum Gasteiger partial charge on any atom is -0.273 e. The summed E-state index contributed by atoms with van der Waals surface area (Å²) >= 11 is 0. The third kappa shape index (κ3) is 3.12. The van der Waals surface area contributed by atoms with Crippen LogP contribution >= 0.6 is 0 Å². The maximum Gasteiger partial charge on any atom is 0.255 e. The van der Waals surface area contributed by atoms with Crippen molar-refractivity contribution in [1.82, 2.24) is 4.47 Å². The van der Waals surface area contributed by atoms with E-state index < -0.39 is 22.1 Å². The first-order valence-electron chi connectivity index (χ1n) is 6.11. The highest BCUT2D eigenvalue weighted by atomic mass is 32.2. The van der Waals surface area contributed by atoms with Crippen LogP contribution in [-0.2, 0) is 15.8 Å². The summed E-state index contributed by atoms with van der Waals surface area (Å²) in [5, 5.41) is 9.08. The van der Waals surface area contributed by atoms with Gasteiger partial charge in [-0.05, 0) is 11.1 Å². The van der Waals surface area contributed by atoms with Crippen LogP contribution < -0.4 is 0 Å². The molecule has 2 aromatic rings. The molecule has 0 saturated carbocycles. The summed E-state index contributed by atoms with van der Waals surface area (Å²) in [7, 11) is -1.90. The van der Waals surface area contributed by atoms with Gasteiger partial charge in [-0.1, -0.05) is 60.7 Å². The third-order valence-electron chi connectivity index (χ3n) is 2.85. The number of hydrogen-bond acceptors (Lipinski definition) is 3. The average Bonchev–Trinajstić information content (AvgIpc) is 2.48. The highest BCUT2D eigenvalue weighted by molar-refractivity contribution is 7.83. The van der Waals surface area contributed by atoms with Crippen molar-refractivity contribution in [3.05, 3.63) is 71.8 Å². The van der Waals surface area contributed by atoms with Crippen molar-refractivity contribution in [3.8, 4) is 0 Å². The van der Waals surface area contributed by atoms with Gasteiger partial charge in [0.15, 0.2) is 11.0 Å². The number of benzene rings is 2. The summed E-state index contributed by atoms with van der Waals surface area (Å²) in [6, 6.07) is 18.3. The molecule has 2 rings (SSSR count). The van der Waals surface area contributed by atoms with Crippen LogP contribution in [0.15, 0.2) is 60.7 Å². The Kier molecular flexibility index (Phi) is 4.65. The zero-order valence-electron chi connectivity index (χ0n) is 11.0. The first-order valence-corrected chi connectivity index (χ1v) is 7.28. The molecule has 0 aliphatic heterocycles. The predicted octanol–water partition coefficient (Wildman–Crippen LogP) is 2.68. The van der Waals surface area contributed by atoms with Gasteiger partial charge in [0.2, 0.25) is 0 Å². The molecule has 20 heavy (non-hydrogen) atoms. The molecule has 1 N–H and O–H groups in total. The van der Waals surface area contributed by atoms with E-state index in [1.165, 1.54) is 6.92 Å². The minimum atomic E-state index is -1.90. The van der Waals surface area contributed by atoms with Crippen molar-refractivity contribution in [2.75, 3.05) is 0 Å². The number of nitrogens with zero attached hydrogens (tertiary/aromatic N) is 1. The number of carbonyl (C=O) groups excluding carboxylic acids is 1. The molecule has 0 aromatic heterocycles. The fraction of sp³-hybridized carbons (Fsp3) is 0.133. The summed E-state index contributed by atoms with van der Waals surface area (Å²) in [4.78, 5) is 11.2. The quantitative estimate of drug-likeness (QED) is 0.695. The Bertz CT molecular complexity index is 562. The van der Waals surface area contributed by atoms with Crippen LogP contribution in [0.1, 0.15) is 23.3 Å². The van der Waals surface area contributed by atoms with Gasteiger partial charge in [0.05, 0.1) is 0 Å². The number of hydrogen-bond donors (Lipinski definition) is 1. The van der Waals surface area contributed by atoms with Gasteiger partial charge >= 0.3 is 0 Å². The SMILES string of the molecule is CC(=O)N(O)S(=O)C(c1ccccc1)c1ccccc1. The molecule has 104 valence electrons. The van der Waals surface area contributed by atoms with Crippen LogP contribution in [0, 0.1) is 0 Å². The smallest absolute Gasteiger partial charge is 0.255 e. The van der Waals surface area contributed by atoms with Gasteiger partial charge in [0.1, 0.15) is 5.25 Å². The van der Waals surface area contributed by atoms with Crippen LogP contribution in [0.5, 0.6) is 0 Å². The van der Waals surface area contributed by atoms with Crippen LogP contribution in [0.4, 0.5) is 0 Å². The minimum absolute atomic E-state index is 0.282. The first-order chi connectivity index (χ1) is 9.61. The Morgan fingerprint density at radius 2 is 1.40 bits per heavy atom. The molecule has 1 atom stereocenters. The number of hydroxylamine groups is 1. The van der Waals surface area contributed by atoms with Crippen molar-refractivity contribution in [1.29, 1.82) is 0 Å². The van der Waals surface area contributed by atoms with Crippen molar-refractivity contribution in [2.45, 2.75) is 12.2 Å². The van der Waals surface area contributed by atoms with Crippen LogP contribution in [0.3, 0.4) is 0 Å². The number of amides is 1. The molecule has 2 aromatic carbocycles. The number of carbonyl (C=O) groups is 1. The van der Waals surface area contributed by atoms with Crippen molar-refractivity contribution in [2.24, 2.45) is 0 Å². The fourth-order valence-corrected chi connectivity index (χ4v) is 3.14. The maximum atomic E-state index is 12.5. The molecule has 5 heteroatoms. The Balaban J connectivity index is 2.46.